The van der Waals surface area contributed by atoms with Gasteiger partial charge in [-0.05, 0) is 19.1 Å². The van der Waals surface area contributed by atoms with E-state index < -0.39 is 5.97 Å². The molecule has 0 unspecified atom stereocenters. The fraction of sp³-hybridized carbons (Fsp3) is 0.182. The molecular weight excluding hydrogens is 180 g/mol. The molecule has 14 heavy (non-hydrogen) atoms. The van der Waals surface area contributed by atoms with Gasteiger partial charge in [0, 0.05) is 5.56 Å². The lowest BCUT2D eigenvalue weighted by Gasteiger charge is -1.99. The molecule has 74 valence electrons. The number of carbonyl (C=O) groups is 1. The molecule has 1 aromatic carbocycles. The van der Waals surface area contributed by atoms with Gasteiger partial charge in [0.25, 0.3) is 0 Å². The average Bonchev–Trinajstić information content (AvgIpc) is 2.10. The van der Waals surface area contributed by atoms with Crippen LogP contribution in [0.25, 0.3) is 6.08 Å². The van der Waals surface area contributed by atoms with E-state index in [0.29, 0.717) is 5.56 Å². The molecule has 0 saturated heterocycles. The smallest absolute Gasteiger partial charge is 0.307 e. The van der Waals surface area contributed by atoms with Gasteiger partial charge in [0.05, 0.1) is 6.42 Å². The molecule has 2 N–H and O–H groups in total. The lowest BCUT2D eigenvalue weighted by Crippen LogP contribution is -1.89. The van der Waals surface area contributed by atoms with Crippen molar-refractivity contribution >= 4 is 12.0 Å². The fourth-order valence-corrected chi connectivity index (χ4v) is 1.09. The number of carboxylic acid groups (broad SMARTS) is 1. The predicted molar refractivity (Wildman–Crippen MR) is 54.1 cm³/mol. The first-order valence-corrected chi connectivity index (χ1v) is 4.27. The zero-order chi connectivity index (χ0) is 10.6. The molecule has 1 rings (SSSR count). The summed E-state index contributed by atoms with van der Waals surface area (Å²) in [7, 11) is 0. The number of rotatable bonds is 3. The maximum absolute atomic E-state index is 10.2. The van der Waals surface area contributed by atoms with E-state index >= 15 is 0 Å². The van der Waals surface area contributed by atoms with E-state index in [1.807, 2.05) is 6.92 Å². The average molecular weight is 192 g/mol. The highest BCUT2D eigenvalue weighted by atomic mass is 16.4. The molecule has 0 spiro atoms. The highest BCUT2D eigenvalue weighted by molar-refractivity contribution is 5.71. The number of benzene rings is 1. The van der Waals surface area contributed by atoms with E-state index in [9.17, 15) is 9.90 Å². The van der Waals surface area contributed by atoms with Gasteiger partial charge in [0.15, 0.2) is 0 Å². The van der Waals surface area contributed by atoms with Crippen LogP contribution < -0.4 is 0 Å². The Balaban J connectivity index is 2.80. The molecule has 0 heterocycles. The summed E-state index contributed by atoms with van der Waals surface area (Å²) in [4.78, 5) is 10.2. The predicted octanol–water partition coefficient (Wildman–Crippen LogP) is 2.19. The molecule has 0 aliphatic rings. The van der Waals surface area contributed by atoms with Crippen LogP contribution in [0.1, 0.15) is 17.5 Å². The Labute approximate surface area is 82.3 Å². The van der Waals surface area contributed by atoms with Gasteiger partial charge < -0.3 is 10.2 Å². The fourth-order valence-electron chi connectivity index (χ4n) is 1.09. The van der Waals surface area contributed by atoms with Gasteiger partial charge in [-0.3, -0.25) is 4.79 Å². The van der Waals surface area contributed by atoms with Gasteiger partial charge >= 0.3 is 5.97 Å². The van der Waals surface area contributed by atoms with Crippen LogP contribution >= 0.6 is 0 Å². The number of carboxylic acids is 1. The highest BCUT2D eigenvalue weighted by Crippen LogP contribution is 2.19. The molecule has 0 saturated carbocycles. The molecule has 0 radical (unpaired) electrons. The summed E-state index contributed by atoms with van der Waals surface area (Å²) in [6.45, 7) is 1.91. The molecule has 3 nitrogen and oxygen atoms in total. The minimum Gasteiger partial charge on any atom is -0.507 e. The normalized spacial score (nSPS) is 10.6. The Morgan fingerprint density at radius 1 is 1.50 bits per heavy atom. The van der Waals surface area contributed by atoms with Crippen LogP contribution in [0, 0.1) is 6.92 Å². The van der Waals surface area contributed by atoms with E-state index in [4.69, 9.17) is 5.11 Å². The molecule has 0 atom stereocenters. The Morgan fingerprint density at radius 3 is 2.86 bits per heavy atom. The summed E-state index contributed by atoms with van der Waals surface area (Å²) in [5.74, 6) is -0.717. The summed E-state index contributed by atoms with van der Waals surface area (Å²) >= 11 is 0. The van der Waals surface area contributed by atoms with E-state index in [0.717, 1.165) is 5.56 Å². The zero-order valence-electron chi connectivity index (χ0n) is 7.90. The largest absolute Gasteiger partial charge is 0.507 e. The summed E-state index contributed by atoms with van der Waals surface area (Å²) in [5, 5.41) is 17.8. The van der Waals surface area contributed by atoms with Gasteiger partial charge in [0.2, 0.25) is 0 Å². The maximum Gasteiger partial charge on any atom is 0.307 e. The number of aryl methyl sites for hydroxylation is 1. The molecule has 0 aliphatic carbocycles. The third-order valence-electron chi connectivity index (χ3n) is 1.77. The Hall–Kier alpha value is -1.77. The molecule has 1 aromatic rings. The topological polar surface area (TPSA) is 57.5 Å². The summed E-state index contributed by atoms with van der Waals surface area (Å²) in [6, 6.07) is 5.19. The minimum absolute atomic E-state index is 0.0343. The molecular formula is C11H12O3. The van der Waals surface area contributed by atoms with Crippen molar-refractivity contribution in [1.82, 2.24) is 0 Å². The Morgan fingerprint density at radius 2 is 2.21 bits per heavy atom. The number of hydrogen-bond donors (Lipinski definition) is 2. The van der Waals surface area contributed by atoms with Crippen molar-refractivity contribution in [2.45, 2.75) is 13.3 Å². The molecule has 0 fully saturated rings. The molecule has 0 amide bonds. The van der Waals surface area contributed by atoms with Crippen molar-refractivity contribution < 1.29 is 15.0 Å². The number of aromatic hydroxyl groups is 1. The SMILES string of the molecule is Cc1ccc(O)c(/C=C/CC(=O)O)c1. The van der Waals surface area contributed by atoms with Crippen molar-refractivity contribution in [2.24, 2.45) is 0 Å². The zero-order valence-corrected chi connectivity index (χ0v) is 7.90. The summed E-state index contributed by atoms with van der Waals surface area (Å²) in [5.41, 5.74) is 1.67. The quantitative estimate of drug-likeness (QED) is 0.771. The molecule has 3 heteroatoms. The van der Waals surface area contributed by atoms with Crippen molar-refractivity contribution in [3.63, 3.8) is 0 Å². The van der Waals surface area contributed by atoms with E-state index in [2.05, 4.69) is 0 Å². The van der Waals surface area contributed by atoms with Crippen LogP contribution in [0.2, 0.25) is 0 Å². The molecule has 0 aromatic heterocycles. The monoisotopic (exact) mass is 192 g/mol. The number of phenolic OH excluding ortho intramolecular Hbond substituents is 1. The molecule has 0 bridgehead atoms. The van der Waals surface area contributed by atoms with Crippen LogP contribution in [-0.2, 0) is 4.79 Å². The van der Waals surface area contributed by atoms with Gasteiger partial charge in [-0.1, -0.05) is 23.8 Å². The Bertz CT molecular complexity index is 367. The Kier molecular flexibility index (Phi) is 3.29. The second kappa shape index (κ2) is 4.46. The standard InChI is InChI=1S/C11H12O3/c1-8-5-6-10(12)9(7-8)3-2-4-11(13)14/h2-3,5-7,12H,4H2,1H3,(H,13,14)/b3-2+. The number of hydrogen-bond acceptors (Lipinski definition) is 2. The van der Waals surface area contributed by atoms with Crippen LogP contribution in [0.3, 0.4) is 0 Å². The second-order valence-electron chi connectivity index (χ2n) is 3.06. The lowest BCUT2D eigenvalue weighted by atomic mass is 10.1. The van der Waals surface area contributed by atoms with Crippen LogP contribution in [-0.4, -0.2) is 16.2 Å². The van der Waals surface area contributed by atoms with Crippen molar-refractivity contribution in [2.75, 3.05) is 0 Å². The van der Waals surface area contributed by atoms with E-state index in [1.165, 1.54) is 6.08 Å². The van der Waals surface area contributed by atoms with Crippen molar-refractivity contribution in [1.29, 1.82) is 0 Å². The number of aliphatic carboxylic acids is 1. The van der Waals surface area contributed by atoms with Crippen molar-refractivity contribution in [3.05, 3.63) is 35.4 Å². The first-order chi connectivity index (χ1) is 6.59. The van der Waals surface area contributed by atoms with Gasteiger partial charge in [-0.2, -0.15) is 0 Å². The van der Waals surface area contributed by atoms with E-state index in [1.54, 1.807) is 24.3 Å². The second-order valence-corrected chi connectivity index (χ2v) is 3.06. The minimum atomic E-state index is -0.881. The highest BCUT2D eigenvalue weighted by Gasteiger charge is 1.97. The van der Waals surface area contributed by atoms with Crippen LogP contribution in [0.15, 0.2) is 24.3 Å². The lowest BCUT2D eigenvalue weighted by molar-refractivity contribution is -0.135. The van der Waals surface area contributed by atoms with Gasteiger partial charge in [-0.25, -0.2) is 0 Å². The number of phenols is 1. The van der Waals surface area contributed by atoms with Gasteiger partial charge in [-0.15, -0.1) is 0 Å². The maximum atomic E-state index is 10.2. The van der Waals surface area contributed by atoms with Crippen LogP contribution in [0.5, 0.6) is 5.75 Å². The van der Waals surface area contributed by atoms with Crippen LogP contribution in [0.4, 0.5) is 0 Å². The van der Waals surface area contributed by atoms with E-state index in [-0.39, 0.29) is 12.2 Å². The molecule has 0 aliphatic heterocycles. The first kappa shape index (κ1) is 10.3. The summed E-state index contributed by atoms with van der Waals surface area (Å²) < 4.78 is 0. The first-order valence-electron chi connectivity index (χ1n) is 4.27. The van der Waals surface area contributed by atoms with Crippen molar-refractivity contribution in [3.8, 4) is 5.75 Å². The summed E-state index contributed by atoms with van der Waals surface area (Å²) in [6.07, 6.45) is 3.08. The van der Waals surface area contributed by atoms with Gasteiger partial charge in [0.1, 0.15) is 5.75 Å². The third-order valence-corrected chi connectivity index (χ3v) is 1.77. The third kappa shape index (κ3) is 2.94.